The first kappa shape index (κ1) is 56.3. The molecule has 4 amide bonds. The van der Waals surface area contributed by atoms with E-state index in [1.54, 1.807) is 52.2 Å². The van der Waals surface area contributed by atoms with Gasteiger partial charge in [-0.15, -0.1) is 19.3 Å². The maximum absolute atomic E-state index is 13.7. The number of nitrogens with zero attached hydrogens (tertiary/aromatic N) is 4. The standard InChI is InChI=1S/C45H59N7O7S.C2H5NO.W.Y/c1-7-11-31(26-53)52-25-35-29(13-10-14-32(35)43(52)56)12-8-9-17-47-37-21-38-33(20-30(37)27-60(6)58)34(22-46-5)39-36(24-51(38)23-28-15-16-28)40(50-41(39)54)42(55)48-18-19-49-44(57)59-45(2,3)4;1-3-2-4;;/h10,13-14,20-22,26,28,31H,7-9,11-12,15-19,23-25,27H2,1-6H3,(H,49,57)(H3,48,50,54,55);2H,1H3,(H,3,4);;/q-2;;;/b34-22-;;;. The van der Waals surface area contributed by atoms with Gasteiger partial charge in [0, 0.05) is 144 Å². The largest absolute Gasteiger partial charge is 0.693 e. The molecule has 5 N–H and O–H groups in total. The van der Waals surface area contributed by atoms with Crippen molar-refractivity contribution in [3.05, 3.63) is 91.8 Å². The fourth-order valence-corrected chi connectivity index (χ4v) is 8.75. The minimum absolute atomic E-state index is 0. The fraction of sp³-hybridized carbons (Fsp3) is 0.511. The molecule has 2 aliphatic heterocycles. The number of fused-ring (bicyclic) bond motifs is 3. The van der Waals surface area contributed by atoms with E-state index in [1.807, 2.05) is 25.1 Å². The van der Waals surface area contributed by atoms with Gasteiger partial charge in [0.05, 0.1) is 6.04 Å². The Bertz CT molecular complexity index is 2230. The Morgan fingerprint density at radius 3 is 2.39 bits per heavy atom. The molecule has 16 nitrogen and oxygen atoms in total. The molecule has 1 aromatic heterocycles. The minimum Gasteiger partial charge on any atom is -0.693 e. The number of aromatic amines is 1. The number of hydrogen-bond donors (Lipinski definition) is 5. The van der Waals surface area contributed by atoms with Crippen molar-refractivity contribution in [1.82, 2.24) is 25.8 Å². The summed E-state index contributed by atoms with van der Waals surface area (Å²) in [7, 11) is 2.04. The van der Waals surface area contributed by atoms with Crippen LogP contribution < -0.4 is 20.9 Å². The Hall–Kier alpha value is -4.05. The summed E-state index contributed by atoms with van der Waals surface area (Å²) in [5, 5.41) is 28.7. The van der Waals surface area contributed by atoms with Gasteiger partial charge in [0.25, 0.3) is 11.8 Å². The second-order valence-corrected chi connectivity index (χ2v) is 18.8. The van der Waals surface area contributed by atoms with Gasteiger partial charge in [0.15, 0.2) is 5.88 Å². The Morgan fingerprint density at radius 2 is 1.77 bits per heavy atom. The molecule has 0 bridgehead atoms. The molecular weight excluding hydrogens is 1110 g/mol. The van der Waals surface area contributed by atoms with Gasteiger partial charge in [0.2, 0.25) is 6.41 Å². The van der Waals surface area contributed by atoms with Crippen LogP contribution in [0.5, 0.6) is 5.88 Å². The van der Waals surface area contributed by atoms with Gasteiger partial charge in [-0.2, -0.15) is 6.20 Å². The van der Waals surface area contributed by atoms with Crippen LogP contribution in [-0.2, 0) is 104 Å². The number of rotatable bonds is 20. The molecule has 3 aromatic rings. The van der Waals surface area contributed by atoms with Crippen LogP contribution in [0.25, 0.3) is 16.2 Å². The van der Waals surface area contributed by atoms with E-state index in [-0.39, 0.29) is 90.1 Å². The van der Waals surface area contributed by atoms with Crippen LogP contribution in [0.15, 0.2) is 36.5 Å². The van der Waals surface area contributed by atoms with Crippen LogP contribution in [-0.4, -0.2) is 108 Å². The first-order valence-electron chi connectivity index (χ1n) is 22.0. The molecule has 3 heterocycles. The fourth-order valence-electron chi connectivity index (χ4n) is 8.08. The molecule has 357 valence electrons. The molecule has 1 saturated carbocycles. The number of benzene rings is 2. The normalized spacial score (nSPS) is 15.2. The number of nitrogens with one attached hydrogen (secondary N) is 4. The van der Waals surface area contributed by atoms with Gasteiger partial charge < -0.3 is 56.0 Å². The molecule has 6 rings (SSSR count). The number of hydrogen-bond acceptors (Lipinski definition) is 9. The van der Waals surface area contributed by atoms with Crippen molar-refractivity contribution in [3.8, 4) is 5.88 Å². The van der Waals surface area contributed by atoms with Gasteiger partial charge in [0.1, 0.15) is 17.6 Å². The number of aromatic nitrogens is 1. The van der Waals surface area contributed by atoms with Crippen LogP contribution in [0.2, 0.25) is 0 Å². The molecule has 66 heavy (non-hydrogen) atoms. The summed E-state index contributed by atoms with van der Waals surface area (Å²) in [6.45, 7) is 9.69. The molecule has 1 fully saturated rings. The van der Waals surface area contributed by atoms with Crippen molar-refractivity contribution in [1.29, 1.82) is 0 Å². The number of aryl methyl sites for hydroxylation is 1. The summed E-state index contributed by atoms with van der Waals surface area (Å²) >= 11 is 0. The van der Waals surface area contributed by atoms with Crippen molar-refractivity contribution in [2.45, 2.75) is 103 Å². The molecule has 2 unspecified atom stereocenters. The first-order chi connectivity index (χ1) is 30.6. The number of H-pyrrole nitrogens is 1. The van der Waals surface area contributed by atoms with Gasteiger partial charge in [-0.3, -0.25) is 18.6 Å². The van der Waals surface area contributed by atoms with E-state index < -0.39 is 34.4 Å². The van der Waals surface area contributed by atoms with E-state index in [2.05, 4.69) is 43.3 Å². The molecule has 2 aromatic carbocycles. The van der Waals surface area contributed by atoms with Gasteiger partial charge in [-0.05, 0) is 86.8 Å². The van der Waals surface area contributed by atoms with Gasteiger partial charge in [-0.1, -0.05) is 44.4 Å². The van der Waals surface area contributed by atoms with Crippen LogP contribution in [0.4, 0.5) is 16.2 Å². The summed E-state index contributed by atoms with van der Waals surface area (Å²) in [5.74, 6) is 0.0997. The number of carbonyl (C=O) groups excluding carboxylic acids is 5. The minimum atomic E-state index is -1.18. The van der Waals surface area contributed by atoms with Crippen LogP contribution >= 0.6 is 0 Å². The number of alkyl carbamates (subject to hydrolysis) is 1. The van der Waals surface area contributed by atoms with E-state index in [0.717, 1.165) is 85.0 Å². The summed E-state index contributed by atoms with van der Waals surface area (Å²) < 4.78 is 18.1. The average molecular weight is 1170 g/mol. The Morgan fingerprint density at radius 1 is 1.06 bits per heavy atom. The molecule has 1 aliphatic carbocycles. The third-order valence-electron chi connectivity index (χ3n) is 11.1. The molecule has 1 radical (unpaired) electrons. The quantitative estimate of drug-likeness (QED) is 0.0601. The Labute approximate surface area is 430 Å². The van der Waals surface area contributed by atoms with Crippen molar-refractivity contribution >= 4 is 58.4 Å². The summed E-state index contributed by atoms with van der Waals surface area (Å²) in [6, 6.07) is 9.49. The van der Waals surface area contributed by atoms with E-state index in [9.17, 15) is 28.5 Å². The van der Waals surface area contributed by atoms with Gasteiger partial charge in [-0.25, -0.2) is 4.79 Å². The summed E-state index contributed by atoms with van der Waals surface area (Å²) in [5.41, 5.74) is 7.39. The number of amides is 4. The third-order valence-corrected chi connectivity index (χ3v) is 11.8. The molecule has 2 atom stereocenters. The predicted octanol–water partition coefficient (Wildman–Crippen LogP) is 6.68. The Balaban J connectivity index is 0.00000185. The number of carbonyl (C=O) groups is 5. The molecule has 0 saturated heterocycles. The van der Waals surface area contributed by atoms with E-state index in [4.69, 9.17) is 14.8 Å². The number of unbranched alkanes of at least 4 members (excludes halogenated alkanes) is 1. The number of ether oxygens (including phenoxy) is 1. The SMILES string of the molecule is CCCC(C=O)N1Cc2c(CCCC[N-]c3cc4c(cc3CS(C)=O)/C(=C/[N-]C)c3c(O)[nH]c(C(=O)NCCNC(=O)OC(C)(C)C)c3CN4CC3CC3)cccc2C1=O.CNC=O.[W].[Y]. The van der Waals surface area contributed by atoms with Crippen molar-refractivity contribution in [2.75, 3.05) is 51.4 Å². The second kappa shape index (κ2) is 26.5. The molecule has 19 heteroatoms. The molecule has 3 aliphatic rings. The van der Waals surface area contributed by atoms with E-state index >= 15 is 0 Å². The average Bonchev–Trinajstić information content (AvgIpc) is 3.95. The number of aromatic hydroxyl groups is 1. The van der Waals surface area contributed by atoms with Crippen LogP contribution in [0.3, 0.4) is 0 Å². The van der Waals surface area contributed by atoms with Crippen molar-refractivity contribution < 1.29 is 91.8 Å². The van der Waals surface area contributed by atoms with Crippen molar-refractivity contribution in [3.63, 3.8) is 0 Å². The predicted molar refractivity (Wildman–Crippen MR) is 250 cm³/mol. The molecular formula is C47H64N8O8SWY-2. The zero-order valence-corrected chi connectivity index (χ0v) is 45.7. The molecule has 0 spiro atoms. The smallest absolute Gasteiger partial charge is 0.407 e. The maximum Gasteiger partial charge on any atom is 0.407 e. The Kier molecular flexibility index (Phi) is 22.6. The number of aldehydes is 1. The zero-order valence-electron chi connectivity index (χ0n) is 39.2. The number of anilines is 1. The zero-order chi connectivity index (χ0) is 46.6. The summed E-state index contributed by atoms with van der Waals surface area (Å²) in [4.78, 5) is 66.8. The van der Waals surface area contributed by atoms with Crippen LogP contribution in [0.1, 0.15) is 120 Å². The van der Waals surface area contributed by atoms with E-state index in [0.29, 0.717) is 60.6 Å². The van der Waals surface area contributed by atoms with Gasteiger partial charge >= 0.3 is 6.09 Å². The second-order valence-electron chi connectivity index (χ2n) is 17.3. The maximum atomic E-state index is 13.7. The monoisotopic (exact) mass is 1170 g/mol. The van der Waals surface area contributed by atoms with Crippen LogP contribution in [0, 0.1) is 5.92 Å². The first-order valence-corrected chi connectivity index (χ1v) is 23.7. The van der Waals surface area contributed by atoms with E-state index in [1.165, 1.54) is 0 Å². The topological polar surface area (TPSA) is 218 Å². The third kappa shape index (κ3) is 15.0. The summed E-state index contributed by atoms with van der Waals surface area (Å²) in [6.07, 6.45) is 10.4. The van der Waals surface area contributed by atoms with Crippen molar-refractivity contribution in [2.24, 2.45) is 5.92 Å².